The first-order valence-electron chi connectivity index (χ1n) is 14.2. The highest BCUT2D eigenvalue weighted by atomic mass is 19.1. The normalized spacial score (nSPS) is 15.3. The van der Waals surface area contributed by atoms with Gasteiger partial charge in [0, 0.05) is 36.6 Å². The molecular weight excluding hydrogens is 499 g/mol. The topological polar surface area (TPSA) is 66.3 Å². The molecule has 40 heavy (non-hydrogen) atoms. The maximum absolute atomic E-state index is 15.2. The highest BCUT2D eigenvalue weighted by Gasteiger charge is 2.20. The molecule has 6 nitrogen and oxygen atoms in total. The lowest BCUT2D eigenvalue weighted by atomic mass is 10.1. The Morgan fingerprint density at radius 3 is 2.75 bits per heavy atom. The highest BCUT2D eigenvalue weighted by molar-refractivity contribution is 5.74. The molecule has 0 saturated heterocycles. The summed E-state index contributed by atoms with van der Waals surface area (Å²) in [5.74, 6) is 1.26. The number of unbranched alkanes of at least 4 members (excludes halogenated alkanes) is 1. The minimum atomic E-state index is -0.346. The predicted octanol–water partition coefficient (Wildman–Crippen LogP) is 8.16. The summed E-state index contributed by atoms with van der Waals surface area (Å²) < 4.78 is 15.2. The van der Waals surface area contributed by atoms with Gasteiger partial charge in [0.1, 0.15) is 29.5 Å². The second-order valence-corrected chi connectivity index (χ2v) is 10.0. The number of nitrogens with one attached hydrogen (secondary N) is 1. The van der Waals surface area contributed by atoms with Crippen LogP contribution in [0.5, 0.6) is 0 Å². The van der Waals surface area contributed by atoms with Crippen molar-refractivity contribution in [2.45, 2.75) is 73.8 Å². The molecule has 0 amide bonds. The van der Waals surface area contributed by atoms with Crippen molar-refractivity contribution in [3.05, 3.63) is 94.5 Å². The molecule has 0 fully saturated rings. The van der Waals surface area contributed by atoms with Gasteiger partial charge in [-0.25, -0.2) is 14.4 Å². The van der Waals surface area contributed by atoms with Gasteiger partial charge < -0.3 is 10.2 Å². The summed E-state index contributed by atoms with van der Waals surface area (Å²) in [6.45, 7) is 14.3. The van der Waals surface area contributed by atoms with Crippen LogP contribution >= 0.6 is 0 Å². The van der Waals surface area contributed by atoms with E-state index in [0.717, 1.165) is 71.8 Å². The van der Waals surface area contributed by atoms with Gasteiger partial charge in [0.2, 0.25) is 0 Å². The summed E-state index contributed by atoms with van der Waals surface area (Å²) in [4.78, 5) is 20.5. The van der Waals surface area contributed by atoms with Crippen molar-refractivity contribution in [1.82, 2.24) is 15.0 Å². The zero-order valence-corrected chi connectivity index (χ0v) is 24.8. The van der Waals surface area contributed by atoms with Crippen LogP contribution in [0, 0.1) is 12.7 Å². The summed E-state index contributed by atoms with van der Waals surface area (Å²) in [6.07, 6.45) is 21.3. The van der Waals surface area contributed by atoms with Gasteiger partial charge in [-0.15, -0.1) is 0 Å². The fraction of sp³-hybridized carbons (Fsp3) is 0.394. The van der Waals surface area contributed by atoms with Crippen LogP contribution in [0.1, 0.15) is 77.1 Å². The predicted molar refractivity (Wildman–Crippen MR) is 167 cm³/mol. The average Bonchev–Trinajstić information content (AvgIpc) is 2.93. The quantitative estimate of drug-likeness (QED) is 0.216. The molecule has 7 heteroatoms. The lowest BCUT2D eigenvalue weighted by Gasteiger charge is -2.30. The molecular formula is C33H43FN6. The fourth-order valence-corrected chi connectivity index (χ4v) is 4.54. The second kappa shape index (κ2) is 15.7. The fourth-order valence-electron chi connectivity index (χ4n) is 4.54. The molecule has 2 aromatic rings. The number of pyridine rings is 1. The van der Waals surface area contributed by atoms with Crippen LogP contribution < -0.4 is 10.2 Å². The Morgan fingerprint density at radius 2 is 2.02 bits per heavy atom. The zero-order chi connectivity index (χ0) is 28.9. The van der Waals surface area contributed by atoms with Crippen LogP contribution in [0.4, 0.5) is 16.0 Å². The van der Waals surface area contributed by atoms with Crippen LogP contribution in [-0.2, 0) is 6.54 Å². The Bertz CT molecular complexity index is 1330. The van der Waals surface area contributed by atoms with Crippen LogP contribution in [-0.4, -0.2) is 34.3 Å². The number of halogens is 1. The Balaban J connectivity index is 1.73. The molecule has 0 aliphatic carbocycles. The zero-order valence-electron chi connectivity index (χ0n) is 24.8. The smallest absolute Gasteiger partial charge is 0.149 e. The van der Waals surface area contributed by atoms with E-state index in [1.165, 1.54) is 5.57 Å². The molecule has 0 spiro atoms. The number of aliphatic imine (C=N–C) groups is 1. The summed E-state index contributed by atoms with van der Waals surface area (Å²) >= 11 is 0. The summed E-state index contributed by atoms with van der Waals surface area (Å²) in [5, 5.41) is 3.36. The molecule has 212 valence electrons. The minimum absolute atomic E-state index is 0.346. The lowest BCUT2D eigenvalue weighted by molar-refractivity contribution is 0.614. The van der Waals surface area contributed by atoms with Gasteiger partial charge >= 0.3 is 0 Å². The van der Waals surface area contributed by atoms with E-state index < -0.39 is 0 Å². The first-order chi connectivity index (χ1) is 19.4. The van der Waals surface area contributed by atoms with E-state index >= 15 is 4.39 Å². The van der Waals surface area contributed by atoms with E-state index in [-0.39, 0.29) is 5.82 Å². The Morgan fingerprint density at radius 1 is 1.20 bits per heavy atom. The third-order valence-electron chi connectivity index (χ3n) is 6.74. The molecule has 0 saturated carbocycles. The van der Waals surface area contributed by atoms with Gasteiger partial charge in [0.25, 0.3) is 0 Å². The van der Waals surface area contributed by atoms with Crippen LogP contribution in [0.25, 0.3) is 5.57 Å². The molecule has 1 N–H and O–H groups in total. The summed E-state index contributed by atoms with van der Waals surface area (Å²) in [6, 6.07) is 1.54. The maximum Gasteiger partial charge on any atom is 0.149 e. The monoisotopic (exact) mass is 542 g/mol. The van der Waals surface area contributed by atoms with E-state index in [2.05, 4.69) is 58.1 Å². The Hall–Kier alpha value is -3.87. The lowest BCUT2D eigenvalue weighted by Crippen LogP contribution is -2.32. The molecule has 2 aromatic heterocycles. The van der Waals surface area contributed by atoms with Crippen molar-refractivity contribution in [2.75, 3.05) is 23.3 Å². The largest absolute Gasteiger partial charge is 0.366 e. The van der Waals surface area contributed by atoms with Crippen molar-refractivity contribution in [3.63, 3.8) is 0 Å². The molecule has 1 aliphatic rings. The van der Waals surface area contributed by atoms with E-state index in [4.69, 9.17) is 4.99 Å². The van der Waals surface area contributed by atoms with Gasteiger partial charge in [-0.2, -0.15) is 0 Å². The summed E-state index contributed by atoms with van der Waals surface area (Å²) in [5.41, 5.74) is 6.26. The number of aromatic nitrogens is 3. The number of nitrogens with zero attached hydrogens (tertiary/aromatic N) is 5. The first-order valence-corrected chi connectivity index (χ1v) is 14.2. The van der Waals surface area contributed by atoms with E-state index in [0.29, 0.717) is 18.8 Å². The van der Waals surface area contributed by atoms with Crippen LogP contribution in [0.15, 0.2) is 76.9 Å². The van der Waals surface area contributed by atoms with E-state index in [1.54, 1.807) is 18.6 Å². The van der Waals surface area contributed by atoms with Gasteiger partial charge in [-0.1, -0.05) is 56.2 Å². The van der Waals surface area contributed by atoms with Crippen molar-refractivity contribution >= 4 is 23.4 Å². The minimum Gasteiger partial charge on any atom is -0.366 e. The number of hydrogen-bond acceptors (Lipinski definition) is 6. The molecule has 3 rings (SSSR count). The third-order valence-corrected chi connectivity index (χ3v) is 6.74. The number of allylic oxidation sites excluding steroid dienone is 8. The first kappa shape index (κ1) is 30.7. The van der Waals surface area contributed by atoms with Crippen molar-refractivity contribution < 1.29 is 4.39 Å². The van der Waals surface area contributed by atoms with Crippen molar-refractivity contribution in [1.29, 1.82) is 0 Å². The van der Waals surface area contributed by atoms with Crippen LogP contribution in [0.3, 0.4) is 0 Å². The second-order valence-electron chi connectivity index (χ2n) is 10.0. The van der Waals surface area contributed by atoms with Gasteiger partial charge in [-0.05, 0) is 70.2 Å². The van der Waals surface area contributed by atoms with Crippen molar-refractivity contribution in [2.24, 2.45) is 4.99 Å². The molecule has 0 radical (unpaired) electrons. The van der Waals surface area contributed by atoms with Gasteiger partial charge in [-0.3, -0.25) is 9.98 Å². The molecule has 1 aliphatic heterocycles. The Labute approximate surface area is 239 Å². The summed E-state index contributed by atoms with van der Waals surface area (Å²) in [7, 11) is 0. The number of hydrogen-bond donors (Lipinski definition) is 1. The van der Waals surface area contributed by atoms with E-state index in [9.17, 15) is 0 Å². The molecule has 0 atom stereocenters. The maximum atomic E-state index is 15.2. The average molecular weight is 543 g/mol. The number of rotatable bonds is 12. The Kier molecular flexibility index (Phi) is 12.0. The third kappa shape index (κ3) is 8.57. The van der Waals surface area contributed by atoms with Gasteiger partial charge in [0.15, 0.2) is 0 Å². The number of anilines is 2. The van der Waals surface area contributed by atoms with Crippen LogP contribution in [0.2, 0.25) is 0 Å². The van der Waals surface area contributed by atoms with E-state index in [1.807, 2.05) is 51.3 Å². The highest BCUT2D eigenvalue weighted by Crippen LogP contribution is 2.28. The van der Waals surface area contributed by atoms with Gasteiger partial charge in [0.05, 0.1) is 12.2 Å². The molecule has 0 unspecified atom stereocenters. The SMILES string of the molecule is C\C=C/C(=C\C(C)=C\CC)c1ncc(CNc2ncnc(N3CCC(C)=C(/N=C\C=C\CCC)C3)c2C)cc1F. The van der Waals surface area contributed by atoms with Crippen molar-refractivity contribution in [3.8, 4) is 0 Å². The molecule has 0 bridgehead atoms. The molecule has 0 aromatic carbocycles. The standard InChI is InChI=1S/C33H43FN6/c1-7-10-11-12-16-35-30-22-40(17-15-25(30)5)33-26(6)32(38-23-39-33)37-21-27-19-29(34)31(36-20-27)28(14-9-3)18-24(4)13-8-2/h9,11-14,16,18-20,23H,7-8,10,15,17,21-22H2,1-6H3,(H,37,38,39)/b12-11+,14-9-,24-13+,28-18+,35-16-. The molecule has 3 heterocycles.